The number of phenolic OH excluding ortho intramolecular Hbond substituents is 1. The molecule has 2 aromatic rings. The van der Waals surface area contributed by atoms with E-state index in [9.17, 15) is 14.7 Å². The minimum Gasteiger partial charge on any atom is -0.508 e. The zero-order chi connectivity index (χ0) is 29.5. The number of amides is 2. The molecule has 0 aromatic heterocycles. The van der Waals surface area contributed by atoms with Crippen LogP contribution >= 0.6 is 11.8 Å². The van der Waals surface area contributed by atoms with Gasteiger partial charge in [0, 0.05) is 23.2 Å². The highest BCUT2D eigenvalue weighted by Gasteiger charge is 2.13. The zero-order valence-corrected chi connectivity index (χ0v) is 26.1. The highest BCUT2D eigenvalue weighted by Crippen LogP contribution is 2.24. The molecule has 0 spiro atoms. The molecule has 0 aliphatic rings. The quantitative estimate of drug-likeness (QED) is 0.0948. The fraction of sp³-hybridized carbons (Fsp3) is 0.588. The van der Waals surface area contributed by atoms with Crippen molar-refractivity contribution in [2.24, 2.45) is 0 Å². The second-order valence-corrected chi connectivity index (χ2v) is 12.4. The molecule has 0 bridgehead atoms. The molecule has 0 aliphatic heterocycles. The van der Waals surface area contributed by atoms with Crippen LogP contribution in [0.1, 0.15) is 110 Å². The Morgan fingerprint density at radius 3 is 1.76 bits per heavy atom. The van der Waals surface area contributed by atoms with E-state index in [1.807, 2.05) is 11.8 Å². The van der Waals surface area contributed by atoms with Crippen molar-refractivity contribution < 1.29 is 19.4 Å². The molecule has 2 amide bonds. The van der Waals surface area contributed by atoms with E-state index in [1.165, 1.54) is 96.3 Å². The maximum atomic E-state index is 12.2. The minimum absolute atomic E-state index is 0.169. The maximum absolute atomic E-state index is 12.2. The molecule has 228 valence electrons. The Morgan fingerprint density at radius 2 is 1.22 bits per heavy atom. The molecule has 0 fully saturated rings. The number of carbonyl (C=O) groups is 2. The van der Waals surface area contributed by atoms with E-state index in [4.69, 9.17) is 4.74 Å². The Balaban J connectivity index is 1.43. The Bertz CT molecular complexity index is 966. The van der Waals surface area contributed by atoms with Crippen LogP contribution in [0.5, 0.6) is 17.2 Å². The Morgan fingerprint density at radius 1 is 0.732 bits per heavy atom. The highest BCUT2D eigenvalue weighted by atomic mass is 32.2. The summed E-state index contributed by atoms with van der Waals surface area (Å²) in [5, 5.41) is 15.2. The number of hydrogen-bond donors (Lipinski definition) is 3. The average Bonchev–Trinajstić information content (AvgIpc) is 2.97. The smallest absolute Gasteiger partial charge is 0.313 e. The first-order valence-corrected chi connectivity index (χ1v) is 16.8. The van der Waals surface area contributed by atoms with E-state index in [-0.39, 0.29) is 5.75 Å². The van der Waals surface area contributed by atoms with Crippen molar-refractivity contribution in [1.82, 2.24) is 5.32 Å². The topological polar surface area (TPSA) is 87.7 Å². The molecule has 0 saturated carbocycles. The van der Waals surface area contributed by atoms with Gasteiger partial charge in [-0.3, -0.25) is 9.59 Å². The number of ether oxygens (including phenoxy) is 1. The molecule has 6 nitrogen and oxygen atoms in total. The van der Waals surface area contributed by atoms with Gasteiger partial charge in [0.15, 0.2) is 0 Å². The third kappa shape index (κ3) is 17.0. The van der Waals surface area contributed by atoms with Crippen LogP contribution in [0.15, 0.2) is 48.5 Å². The molecular formula is C34H52N2O4S. The van der Waals surface area contributed by atoms with Gasteiger partial charge in [-0.15, -0.1) is 0 Å². The monoisotopic (exact) mass is 584 g/mol. The van der Waals surface area contributed by atoms with E-state index in [1.54, 1.807) is 48.5 Å². The molecule has 0 saturated heterocycles. The van der Waals surface area contributed by atoms with E-state index < -0.39 is 11.8 Å². The number of anilines is 1. The molecule has 3 N–H and O–H groups in total. The lowest BCUT2D eigenvalue weighted by molar-refractivity contribution is -0.136. The third-order valence-electron chi connectivity index (χ3n) is 7.15. The van der Waals surface area contributed by atoms with Crippen LogP contribution in [-0.2, 0) is 9.59 Å². The first-order valence-electron chi connectivity index (χ1n) is 15.8. The Hall–Kier alpha value is -2.67. The van der Waals surface area contributed by atoms with Gasteiger partial charge in [0.25, 0.3) is 0 Å². The molecule has 0 aliphatic carbocycles. The van der Waals surface area contributed by atoms with Gasteiger partial charge in [0.2, 0.25) is 0 Å². The van der Waals surface area contributed by atoms with E-state index in [0.29, 0.717) is 29.0 Å². The third-order valence-corrected chi connectivity index (χ3v) is 8.39. The first kappa shape index (κ1) is 34.5. The number of hydrogen-bond acceptors (Lipinski definition) is 5. The summed E-state index contributed by atoms with van der Waals surface area (Å²) in [7, 11) is 0. The molecule has 1 atom stereocenters. The van der Waals surface area contributed by atoms with Crippen molar-refractivity contribution in [2.45, 2.75) is 115 Å². The van der Waals surface area contributed by atoms with Crippen molar-refractivity contribution >= 4 is 29.3 Å². The Kier molecular flexibility index (Phi) is 18.5. The fourth-order valence-electron chi connectivity index (χ4n) is 4.66. The van der Waals surface area contributed by atoms with Crippen molar-refractivity contribution in [3.05, 3.63) is 48.5 Å². The van der Waals surface area contributed by atoms with Crippen LogP contribution in [0.3, 0.4) is 0 Å². The summed E-state index contributed by atoms with van der Waals surface area (Å²) in [5.41, 5.74) is 0.513. The van der Waals surface area contributed by atoms with Gasteiger partial charge in [-0.2, -0.15) is 11.8 Å². The zero-order valence-electron chi connectivity index (χ0n) is 25.3. The first-order chi connectivity index (χ1) is 20.0. The summed E-state index contributed by atoms with van der Waals surface area (Å²) < 4.78 is 5.69. The molecule has 0 heterocycles. The van der Waals surface area contributed by atoms with E-state index >= 15 is 0 Å². The number of rotatable bonds is 22. The number of thioether (sulfide) groups is 1. The standard InChI is InChI=1S/C34H52N2O4S/c1-3-4-5-6-7-8-9-10-11-12-13-14-15-16-17-28(2)41-27-26-35-33(38)34(39)36-29-18-22-31(23-19-29)40-32-24-20-30(37)21-25-32/h18-25,28,37H,3-17,26-27H2,1-2H3,(H,35,38)(H,36,39). The number of nitrogens with one attached hydrogen (secondary N) is 2. The largest absolute Gasteiger partial charge is 0.508 e. The Labute approximate surface area is 252 Å². The van der Waals surface area contributed by atoms with Crippen molar-refractivity contribution in [2.75, 3.05) is 17.6 Å². The predicted molar refractivity (Wildman–Crippen MR) is 173 cm³/mol. The summed E-state index contributed by atoms with van der Waals surface area (Å²) in [5.74, 6) is 0.820. The number of unbranched alkanes of at least 4 members (excludes halogenated alkanes) is 13. The molecule has 1 unspecified atom stereocenters. The van der Waals surface area contributed by atoms with Gasteiger partial charge >= 0.3 is 11.8 Å². The summed E-state index contributed by atoms with van der Waals surface area (Å²) >= 11 is 1.85. The molecule has 41 heavy (non-hydrogen) atoms. The lowest BCUT2D eigenvalue weighted by Crippen LogP contribution is -2.36. The van der Waals surface area contributed by atoms with Crippen LogP contribution in [-0.4, -0.2) is 34.5 Å². The van der Waals surface area contributed by atoms with Gasteiger partial charge in [-0.1, -0.05) is 104 Å². The number of carbonyl (C=O) groups excluding carboxylic acids is 2. The summed E-state index contributed by atoms with van der Waals surface area (Å²) in [4.78, 5) is 24.4. The number of phenols is 1. The predicted octanol–water partition coefficient (Wildman–Crippen LogP) is 9.23. The van der Waals surface area contributed by atoms with Gasteiger partial charge in [-0.05, 0) is 55.0 Å². The minimum atomic E-state index is -0.683. The fourth-order valence-corrected chi connectivity index (χ4v) is 5.61. The SMILES string of the molecule is CCCCCCCCCCCCCCCCC(C)SCCNC(=O)C(=O)Nc1ccc(Oc2ccc(O)cc2)cc1. The lowest BCUT2D eigenvalue weighted by atomic mass is 10.0. The van der Waals surface area contributed by atoms with Gasteiger partial charge in [0.1, 0.15) is 17.2 Å². The van der Waals surface area contributed by atoms with Crippen LogP contribution in [0, 0.1) is 0 Å². The van der Waals surface area contributed by atoms with Crippen LogP contribution in [0.4, 0.5) is 5.69 Å². The van der Waals surface area contributed by atoms with Crippen LogP contribution < -0.4 is 15.4 Å². The maximum Gasteiger partial charge on any atom is 0.313 e. The number of aromatic hydroxyl groups is 1. The van der Waals surface area contributed by atoms with Crippen LogP contribution in [0.25, 0.3) is 0 Å². The molecule has 7 heteroatoms. The van der Waals surface area contributed by atoms with E-state index in [0.717, 1.165) is 5.75 Å². The second kappa shape index (κ2) is 22.0. The van der Waals surface area contributed by atoms with Gasteiger partial charge in [0.05, 0.1) is 0 Å². The van der Waals surface area contributed by atoms with Crippen molar-refractivity contribution in [3.63, 3.8) is 0 Å². The van der Waals surface area contributed by atoms with Gasteiger partial charge in [-0.25, -0.2) is 0 Å². The molecule has 0 radical (unpaired) electrons. The molecule has 2 aromatic carbocycles. The molecule has 2 rings (SSSR count). The summed E-state index contributed by atoms with van der Waals surface area (Å²) in [6.07, 6.45) is 20.5. The second-order valence-electron chi connectivity index (χ2n) is 10.9. The lowest BCUT2D eigenvalue weighted by Gasteiger charge is -2.12. The average molecular weight is 585 g/mol. The summed E-state index contributed by atoms with van der Waals surface area (Å²) in [6, 6.07) is 13.2. The van der Waals surface area contributed by atoms with Crippen LogP contribution in [0.2, 0.25) is 0 Å². The normalized spacial score (nSPS) is 11.7. The van der Waals surface area contributed by atoms with E-state index in [2.05, 4.69) is 24.5 Å². The van der Waals surface area contributed by atoms with Crippen molar-refractivity contribution in [1.29, 1.82) is 0 Å². The highest BCUT2D eigenvalue weighted by molar-refractivity contribution is 7.99. The van der Waals surface area contributed by atoms with Gasteiger partial charge < -0.3 is 20.5 Å². The van der Waals surface area contributed by atoms with Crippen molar-refractivity contribution in [3.8, 4) is 17.2 Å². The molecular weight excluding hydrogens is 532 g/mol. The number of benzene rings is 2. The summed E-state index contributed by atoms with van der Waals surface area (Å²) in [6.45, 7) is 4.99.